The maximum atomic E-state index is 11.3. The van der Waals surface area contributed by atoms with Crippen LogP contribution in [0.15, 0.2) is 89.6 Å². The van der Waals surface area contributed by atoms with Crippen LogP contribution in [0.2, 0.25) is 5.02 Å². The van der Waals surface area contributed by atoms with E-state index in [2.05, 4.69) is 28.5 Å². The summed E-state index contributed by atoms with van der Waals surface area (Å²) in [5.74, 6) is 2.57. The Morgan fingerprint density at radius 3 is 2.64 bits per heavy atom. The maximum absolute atomic E-state index is 11.3. The molecule has 0 aliphatic carbocycles. The summed E-state index contributed by atoms with van der Waals surface area (Å²) in [5.41, 5.74) is 3.30. The lowest BCUT2D eigenvalue weighted by Crippen LogP contribution is -2.24. The van der Waals surface area contributed by atoms with Crippen molar-refractivity contribution in [3.05, 3.63) is 101 Å². The Labute approximate surface area is 242 Å². The van der Waals surface area contributed by atoms with Gasteiger partial charge in [0.1, 0.15) is 11.6 Å². The van der Waals surface area contributed by atoms with Crippen LogP contribution in [0.1, 0.15) is 51.4 Å². The number of unbranched alkanes of at least 4 members (excludes halogenated alkanes) is 1. The number of allylic oxidation sites excluding steroid dienone is 5. The third-order valence-corrected chi connectivity index (χ3v) is 6.72. The average molecular weight is 567 g/mol. The predicted octanol–water partition coefficient (Wildman–Crippen LogP) is 7.90. The molecule has 208 valence electrons. The number of nitrogens with zero attached hydrogens (tertiary/aromatic N) is 3. The summed E-state index contributed by atoms with van der Waals surface area (Å²) >= 11 is 7.66. The van der Waals surface area contributed by atoms with Crippen LogP contribution < -0.4 is 10.1 Å². The van der Waals surface area contributed by atoms with Gasteiger partial charge in [-0.1, -0.05) is 90.9 Å². The molecule has 0 radical (unpaired) electrons. The van der Waals surface area contributed by atoms with E-state index in [-0.39, 0.29) is 5.91 Å². The van der Waals surface area contributed by atoms with Gasteiger partial charge in [0.2, 0.25) is 5.91 Å². The van der Waals surface area contributed by atoms with E-state index in [4.69, 9.17) is 16.3 Å². The number of ether oxygens (including phenoxy) is 1. The monoisotopic (exact) mass is 566 g/mol. The lowest BCUT2D eigenvalue weighted by atomic mass is 10.2. The van der Waals surface area contributed by atoms with Crippen LogP contribution in [0.5, 0.6) is 5.75 Å². The Morgan fingerprint density at radius 2 is 1.92 bits per heavy atom. The molecule has 0 saturated carbocycles. The molecular weight excluding hydrogens is 528 g/mol. The van der Waals surface area contributed by atoms with Gasteiger partial charge in [-0.05, 0) is 57.0 Å². The second kappa shape index (κ2) is 18.1. The van der Waals surface area contributed by atoms with Crippen molar-refractivity contribution in [2.45, 2.75) is 57.9 Å². The number of rotatable bonds is 12. The van der Waals surface area contributed by atoms with E-state index in [0.29, 0.717) is 13.0 Å². The topological polar surface area (TPSA) is 69.0 Å². The number of nitrogens with one attached hydrogen (secondary N) is 1. The molecule has 39 heavy (non-hydrogen) atoms. The Morgan fingerprint density at radius 1 is 1.13 bits per heavy atom. The van der Waals surface area contributed by atoms with Crippen LogP contribution >= 0.6 is 23.4 Å². The second-order valence-electron chi connectivity index (χ2n) is 8.79. The van der Waals surface area contributed by atoms with Gasteiger partial charge in [0.25, 0.3) is 0 Å². The van der Waals surface area contributed by atoms with Crippen LogP contribution in [-0.2, 0) is 10.5 Å². The van der Waals surface area contributed by atoms with E-state index in [9.17, 15) is 4.79 Å². The lowest BCUT2D eigenvalue weighted by Gasteiger charge is -2.10. The summed E-state index contributed by atoms with van der Waals surface area (Å²) in [4.78, 5) is 11.3. The molecule has 0 atom stereocenters. The number of thioether (sulfide) groups is 1. The number of aromatic nitrogens is 3. The standard InChI is InChI=1S/C17H16ClN3OS.C14H23NO/c1-12-19-20-17(23-11-13-5-3-6-14(18)9-13)21(12)15-7-4-8-16(10-15)22-2;1-4-6-8-9-10-13(3)12-15-14(16)11-7-5-2/h3-10H,11H2,1-2H3;4,6,8-10H,5,7,11-12H2,1-3H3,(H,15,16)/b;6-4-,9-8-,13-10+. The van der Waals surface area contributed by atoms with E-state index in [1.54, 1.807) is 18.9 Å². The number of methoxy groups -OCH3 is 1. The average Bonchev–Trinajstić information content (AvgIpc) is 3.32. The molecule has 8 heteroatoms. The van der Waals surface area contributed by atoms with Gasteiger partial charge < -0.3 is 10.1 Å². The first kappa shape index (κ1) is 31.9. The molecule has 3 rings (SSSR count). The Balaban J connectivity index is 0.000000295. The zero-order chi connectivity index (χ0) is 28.5. The van der Waals surface area contributed by atoms with Gasteiger partial charge in [-0.2, -0.15) is 0 Å². The molecule has 1 aromatic heterocycles. The fourth-order valence-electron chi connectivity index (χ4n) is 3.38. The highest BCUT2D eigenvalue weighted by atomic mass is 35.5. The predicted molar refractivity (Wildman–Crippen MR) is 164 cm³/mol. The van der Waals surface area contributed by atoms with Gasteiger partial charge in [-0.25, -0.2) is 0 Å². The zero-order valence-corrected chi connectivity index (χ0v) is 25.1. The lowest BCUT2D eigenvalue weighted by molar-refractivity contribution is -0.121. The molecule has 6 nitrogen and oxygen atoms in total. The van der Waals surface area contributed by atoms with Gasteiger partial charge in [0.15, 0.2) is 5.16 Å². The van der Waals surface area contributed by atoms with E-state index < -0.39 is 0 Å². The summed E-state index contributed by atoms with van der Waals surface area (Å²) in [5, 5.41) is 13.0. The van der Waals surface area contributed by atoms with E-state index in [1.165, 1.54) is 0 Å². The molecule has 1 amide bonds. The van der Waals surface area contributed by atoms with Crippen molar-refractivity contribution in [1.82, 2.24) is 20.1 Å². The number of carbonyl (C=O) groups excluding carboxylic acids is 1. The van der Waals surface area contributed by atoms with Gasteiger partial charge in [0, 0.05) is 29.8 Å². The number of hydrogen-bond donors (Lipinski definition) is 1. The van der Waals surface area contributed by atoms with Crippen molar-refractivity contribution in [3.63, 3.8) is 0 Å². The smallest absolute Gasteiger partial charge is 0.220 e. The summed E-state index contributed by atoms with van der Waals surface area (Å²) in [6.45, 7) is 8.66. The Bertz CT molecular complexity index is 1270. The van der Waals surface area contributed by atoms with Crippen LogP contribution in [-0.4, -0.2) is 34.3 Å². The highest BCUT2D eigenvalue weighted by Crippen LogP contribution is 2.27. The number of hydrogen-bond acceptors (Lipinski definition) is 5. The third kappa shape index (κ3) is 12.0. The molecule has 2 aromatic carbocycles. The van der Waals surface area contributed by atoms with Crippen LogP contribution in [0.4, 0.5) is 0 Å². The molecule has 0 unspecified atom stereocenters. The third-order valence-electron chi connectivity index (χ3n) is 5.48. The minimum atomic E-state index is 0.145. The van der Waals surface area contributed by atoms with Crippen LogP contribution in [0.25, 0.3) is 5.69 Å². The minimum Gasteiger partial charge on any atom is -0.497 e. The van der Waals surface area contributed by atoms with Gasteiger partial charge in [0.05, 0.1) is 12.8 Å². The van der Waals surface area contributed by atoms with Crippen molar-refractivity contribution in [3.8, 4) is 11.4 Å². The minimum absolute atomic E-state index is 0.145. The normalized spacial score (nSPS) is 11.5. The second-order valence-corrected chi connectivity index (χ2v) is 10.2. The fraction of sp³-hybridized carbons (Fsp3) is 0.323. The summed E-state index contributed by atoms with van der Waals surface area (Å²) in [6, 6.07) is 15.7. The van der Waals surface area contributed by atoms with Gasteiger partial charge in [-0.15, -0.1) is 10.2 Å². The molecule has 0 aliphatic rings. The number of amides is 1. The molecular formula is C31H39ClN4O2S. The summed E-state index contributed by atoms with van der Waals surface area (Å²) in [7, 11) is 1.66. The first-order valence-electron chi connectivity index (χ1n) is 13.0. The van der Waals surface area contributed by atoms with Crippen LogP contribution in [0.3, 0.4) is 0 Å². The molecule has 0 fully saturated rings. The van der Waals surface area contributed by atoms with Crippen molar-refractivity contribution in [2.24, 2.45) is 0 Å². The van der Waals surface area contributed by atoms with E-state index in [1.807, 2.05) is 98.2 Å². The van der Waals surface area contributed by atoms with Crippen molar-refractivity contribution in [2.75, 3.05) is 13.7 Å². The number of benzene rings is 2. The van der Waals surface area contributed by atoms with Gasteiger partial charge >= 0.3 is 0 Å². The van der Waals surface area contributed by atoms with E-state index >= 15 is 0 Å². The summed E-state index contributed by atoms with van der Waals surface area (Å²) < 4.78 is 7.33. The fourth-order valence-corrected chi connectivity index (χ4v) is 4.53. The molecule has 0 saturated heterocycles. The highest BCUT2D eigenvalue weighted by Gasteiger charge is 2.12. The Kier molecular flexibility index (Phi) is 14.8. The van der Waals surface area contributed by atoms with Crippen molar-refractivity contribution < 1.29 is 9.53 Å². The van der Waals surface area contributed by atoms with E-state index in [0.717, 1.165) is 57.2 Å². The maximum Gasteiger partial charge on any atom is 0.220 e. The zero-order valence-electron chi connectivity index (χ0n) is 23.5. The number of aryl methyl sites for hydroxylation is 1. The number of carbonyl (C=O) groups is 1. The molecule has 3 aromatic rings. The summed E-state index contributed by atoms with van der Waals surface area (Å²) in [6.07, 6.45) is 12.6. The Hall–Kier alpha value is -3.29. The largest absolute Gasteiger partial charge is 0.497 e. The quantitative estimate of drug-likeness (QED) is 0.178. The molecule has 0 bridgehead atoms. The molecule has 1 N–H and O–H groups in total. The first-order chi connectivity index (χ1) is 18.9. The SMILES string of the molecule is COc1cccc(-n2c(C)nnc2SCc2cccc(Cl)c2)c1.C\C=C/C=C\C=C(/C)CNC(=O)CCCC. The molecule has 0 spiro atoms. The number of halogens is 1. The van der Waals surface area contributed by atoms with Crippen molar-refractivity contribution in [1.29, 1.82) is 0 Å². The first-order valence-corrected chi connectivity index (χ1v) is 14.4. The van der Waals surface area contributed by atoms with Crippen molar-refractivity contribution >= 4 is 29.3 Å². The molecule has 1 heterocycles. The highest BCUT2D eigenvalue weighted by molar-refractivity contribution is 7.98. The van der Waals surface area contributed by atoms with Gasteiger partial charge in [-0.3, -0.25) is 9.36 Å². The molecule has 0 aliphatic heterocycles. The van der Waals surface area contributed by atoms with Crippen LogP contribution in [0, 0.1) is 6.92 Å².